The first-order valence-corrected chi connectivity index (χ1v) is 12.4. The van der Waals surface area contributed by atoms with Crippen molar-refractivity contribution >= 4 is 23.6 Å². The number of hydrogen-bond acceptors (Lipinski definition) is 8. The normalized spacial score (nSPS) is 34.8. The highest BCUT2D eigenvalue weighted by molar-refractivity contribution is 5.98. The van der Waals surface area contributed by atoms with E-state index in [9.17, 15) is 33.8 Å². The molecule has 5 N–H and O–H groups in total. The van der Waals surface area contributed by atoms with E-state index < -0.39 is 54.1 Å². The standard InChI is InChI=1S/C24H30FN5O7/c25-13-3-1-12(2-4-13)23(35)30-6-5-29-11-16(30)22(34)27-10-18-21(33)20(32)17(37-18)8-19(31)28-14-7-15(24(29)36)26-9-14/h1-4,14-18,20-21,26,32-33H,5-11H2,(H,27,34)(H,28,31)/t14-,15-,16-,17-,18+,20-,21+/m0/s1. The van der Waals surface area contributed by atoms with Crippen molar-refractivity contribution in [3.63, 3.8) is 0 Å². The van der Waals surface area contributed by atoms with Crippen LogP contribution in [0, 0.1) is 5.82 Å². The zero-order valence-corrected chi connectivity index (χ0v) is 20.0. The van der Waals surface area contributed by atoms with Crippen LogP contribution in [0.15, 0.2) is 24.3 Å². The van der Waals surface area contributed by atoms with Gasteiger partial charge in [-0.15, -0.1) is 0 Å². The van der Waals surface area contributed by atoms with Crippen LogP contribution in [0.4, 0.5) is 4.39 Å². The third-order valence-electron chi connectivity index (χ3n) is 7.47. The maximum Gasteiger partial charge on any atom is 0.254 e. The summed E-state index contributed by atoms with van der Waals surface area (Å²) >= 11 is 0. The van der Waals surface area contributed by atoms with Crippen LogP contribution in [0.3, 0.4) is 0 Å². The molecule has 1 aromatic rings. The number of benzene rings is 1. The predicted octanol–water partition coefficient (Wildman–Crippen LogP) is -2.67. The summed E-state index contributed by atoms with van der Waals surface area (Å²) in [5.41, 5.74) is 0.206. The van der Waals surface area contributed by atoms with Crippen molar-refractivity contribution < 1.29 is 38.5 Å². The Morgan fingerprint density at radius 1 is 1.03 bits per heavy atom. The number of halogens is 1. The van der Waals surface area contributed by atoms with Gasteiger partial charge in [-0.25, -0.2) is 4.39 Å². The van der Waals surface area contributed by atoms with E-state index in [1.54, 1.807) is 0 Å². The van der Waals surface area contributed by atoms with Crippen molar-refractivity contribution in [2.45, 2.75) is 55.4 Å². The molecule has 13 heteroatoms. The van der Waals surface area contributed by atoms with Gasteiger partial charge < -0.3 is 40.7 Å². The van der Waals surface area contributed by atoms with E-state index in [1.165, 1.54) is 21.9 Å². The van der Waals surface area contributed by atoms with Crippen LogP contribution >= 0.6 is 0 Å². The molecule has 0 aromatic heterocycles. The van der Waals surface area contributed by atoms with Gasteiger partial charge in [-0.1, -0.05) is 0 Å². The molecule has 4 heterocycles. The van der Waals surface area contributed by atoms with Crippen LogP contribution in [-0.2, 0) is 19.1 Å². The molecule has 0 saturated carbocycles. The van der Waals surface area contributed by atoms with E-state index in [4.69, 9.17) is 4.74 Å². The van der Waals surface area contributed by atoms with Crippen molar-refractivity contribution in [1.29, 1.82) is 0 Å². The van der Waals surface area contributed by atoms with Crippen molar-refractivity contribution in [3.05, 3.63) is 35.6 Å². The zero-order chi connectivity index (χ0) is 26.3. The maximum atomic E-state index is 13.4. The molecule has 0 aliphatic carbocycles. The molecule has 4 aliphatic heterocycles. The molecule has 6 bridgehead atoms. The third kappa shape index (κ3) is 5.17. The Morgan fingerprint density at radius 2 is 1.76 bits per heavy atom. The van der Waals surface area contributed by atoms with Gasteiger partial charge in [-0.3, -0.25) is 19.2 Å². The lowest BCUT2D eigenvalue weighted by molar-refractivity contribution is -0.139. The number of carbonyl (C=O) groups is 4. The predicted molar refractivity (Wildman–Crippen MR) is 124 cm³/mol. The van der Waals surface area contributed by atoms with Gasteiger partial charge in [0, 0.05) is 37.8 Å². The Morgan fingerprint density at radius 3 is 2.51 bits per heavy atom. The minimum atomic E-state index is -1.33. The number of fused-ring (bicyclic) bond motifs is 6. The molecule has 5 rings (SSSR count). The van der Waals surface area contributed by atoms with Crippen molar-refractivity contribution in [2.24, 2.45) is 0 Å². The summed E-state index contributed by atoms with van der Waals surface area (Å²) in [6.07, 6.45) is -4.42. The van der Waals surface area contributed by atoms with Gasteiger partial charge >= 0.3 is 0 Å². The molecular formula is C24H30FN5O7. The zero-order valence-electron chi connectivity index (χ0n) is 20.0. The number of carbonyl (C=O) groups excluding carboxylic acids is 4. The van der Waals surface area contributed by atoms with Crippen LogP contribution < -0.4 is 16.0 Å². The van der Waals surface area contributed by atoms with Gasteiger partial charge in [-0.05, 0) is 30.7 Å². The van der Waals surface area contributed by atoms with E-state index in [0.29, 0.717) is 13.0 Å². The number of nitrogens with zero attached hydrogens (tertiary/aromatic N) is 2. The first kappa shape index (κ1) is 25.5. The Labute approximate surface area is 212 Å². The molecule has 4 amide bonds. The average Bonchev–Trinajstić information content (AvgIpc) is 3.46. The highest BCUT2D eigenvalue weighted by Gasteiger charge is 2.45. The minimum absolute atomic E-state index is 0.0634. The smallest absolute Gasteiger partial charge is 0.254 e. The quantitative estimate of drug-likeness (QED) is 0.269. The lowest BCUT2D eigenvalue weighted by atomic mass is 10.0. The van der Waals surface area contributed by atoms with Crippen molar-refractivity contribution in [2.75, 3.05) is 32.7 Å². The topological polar surface area (TPSA) is 161 Å². The molecule has 37 heavy (non-hydrogen) atoms. The monoisotopic (exact) mass is 519 g/mol. The number of aliphatic hydroxyl groups excluding tert-OH is 2. The number of amides is 4. The van der Waals surface area contributed by atoms with E-state index >= 15 is 0 Å². The Balaban J connectivity index is 1.40. The molecule has 4 aliphatic rings. The second-order valence-electron chi connectivity index (χ2n) is 9.91. The lowest BCUT2D eigenvalue weighted by Crippen LogP contribution is -2.63. The van der Waals surface area contributed by atoms with Crippen LogP contribution in [0.5, 0.6) is 0 Å². The lowest BCUT2D eigenvalue weighted by Gasteiger charge is -2.41. The molecular weight excluding hydrogens is 489 g/mol. The molecule has 0 spiro atoms. The fourth-order valence-corrected chi connectivity index (χ4v) is 5.41. The molecule has 1 aromatic carbocycles. The molecule has 200 valence electrons. The summed E-state index contributed by atoms with van der Waals surface area (Å²) < 4.78 is 19.1. The van der Waals surface area contributed by atoms with Gasteiger partial charge in [0.25, 0.3) is 5.91 Å². The summed E-state index contributed by atoms with van der Waals surface area (Å²) in [4.78, 5) is 55.2. The number of hydrogen-bond donors (Lipinski definition) is 5. The summed E-state index contributed by atoms with van der Waals surface area (Å²) in [6, 6.07) is 3.07. The number of ether oxygens (including phenoxy) is 1. The number of piperazine rings is 1. The molecule has 0 radical (unpaired) electrons. The van der Waals surface area contributed by atoms with E-state index in [0.717, 1.165) is 12.1 Å². The third-order valence-corrected chi connectivity index (χ3v) is 7.47. The van der Waals surface area contributed by atoms with Crippen LogP contribution in [0.25, 0.3) is 0 Å². The largest absolute Gasteiger partial charge is 0.388 e. The number of aliphatic hydroxyl groups is 2. The van der Waals surface area contributed by atoms with Gasteiger partial charge in [0.15, 0.2) is 0 Å². The average molecular weight is 520 g/mol. The molecule has 0 unspecified atom stereocenters. The Kier molecular flexibility index (Phi) is 7.12. The highest BCUT2D eigenvalue weighted by Crippen LogP contribution is 2.24. The summed E-state index contributed by atoms with van der Waals surface area (Å²) in [7, 11) is 0. The highest BCUT2D eigenvalue weighted by atomic mass is 19.1. The van der Waals surface area contributed by atoms with Gasteiger partial charge in [0.2, 0.25) is 17.7 Å². The van der Waals surface area contributed by atoms with Gasteiger partial charge in [0.05, 0.1) is 25.1 Å². The second kappa shape index (κ2) is 10.3. The van der Waals surface area contributed by atoms with E-state index in [2.05, 4.69) is 16.0 Å². The van der Waals surface area contributed by atoms with E-state index in [-0.39, 0.29) is 56.0 Å². The Bertz CT molecular complexity index is 1070. The van der Waals surface area contributed by atoms with Gasteiger partial charge in [0.1, 0.15) is 30.2 Å². The fourth-order valence-electron chi connectivity index (χ4n) is 5.41. The summed E-state index contributed by atoms with van der Waals surface area (Å²) in [5.74, 6) is -2.14. The molecule has 7 atom stereocenters. The molecule has 4 saturated heterocycles. The number of rotatable bonds is 1. The first-order chi connectivity index (χ1) is 17.7. The molecule has 12 nitrogen and oxygen atoms in total. The number of nitrogens with one attached hydrogen (secondary N) is 3. The first-order valence-electron chi connectivity index (χ1n) is 12.4. The maximum absolute atomic E-state index is 13.4. The summed E-state index contributed by atoms with van der Waals surface area (Å²) in [5, 5.41) is 29.4. The van der Waals surface area contributed by atoms with Crippen LogP contribution in [-0.4, -0.2) is 119 Å². The van der Waals surface area contributed by atoms with Crippen molar-refractivity contribution in [1.82, 2.24) is 25.8 Å². The van der Waals surface area contributed by atoms with E-state index in [1.807, 2.05) is 0 Å². The van der Waals surface area contributed by atoms with Crippen LogP contribution in [0.2, 0.25) is 0 Å². The van der Waals surface area contributed by atoms with Gasteiger partial charge in [-0.2, -0.15) is 0 Å². The van der Waals surface area contributed by atoms with Crippen molar-refractivity contribution in [3.8, 4) is 0 Å². The van der Waals surface area contributed by atoms with Crippen LogP contribution in [0.1, 0.15) is 23.2 Å². The Hall–Kier alpha value is -3.13. The second-order valence-corrected chi connectivity index (χ2v) is 9.91. The minimum Gasteiger partial charge on any atom is -0.388 e. The molecule has 4 fully saturated rings. The summed E-state index contributed by atoms with van der Waals surface area (Å²) in [6.45, 7) is 0.408. The fraction of sp³-hybridized carbons (Fsp3) is 0.583. The SMILES string of the molecule is O=C1C[C@@H]2O[C@H](CNC(=O)[C@@H]3CN(CCN3C(=O)c3ccc(F)cc3)C(=O)[C@@H]3C[C@@H](CN3)N1)[C@@H](O)[C@H]2O.